The summed E-state index contributed by atoms with van der Waals surface area (Å²) in [5.41, 5.74) is 2.40. The standard InChI is InChI=1S/C45H53F2N9O4/c46-37-25-34(49-39-13-14-40(57)52-44(39)60)11-12-36(37)30-17-22-54(23-18-30)27-29-15-20-55(21-16-29)28-41(58)50-32-7-9-33(10-8-32)51-45-48-26-38(47)43(53-45)31-4-3-5-35(24-31)56-19-2-1-6-42(56)59/h1-6,11-12,19,24-26,29-30,32-33,39,49H,7-10,13-18,20-23,27-28H2,(H,50,58)(H,48,51,53)(H,52,57,60)/t32-,33-,39?. The van der Waals surface area contributed by atoms with Gasteiger partial charge in [-0.25, -0.2) is 18.7 Å². The van der Waals surface area contributed by atoms with Gasteiger partial charge in [0.2, 0.25) is 23.7 Å². The third-order valence-electron chi connectivity index (χ3n) is 12.6. The number of nitrogens with zero attached hydrogens (tertiary/aromatic N) is 5. The number of rotatable bonds is 12. The maximum atomic E-state index is 15.2. The number of anilines is 2. The molecule has 1 aliphatic carbocycles. The van der Waals surface area contributed by atoms with Gasteiger partial charge < -0.3 is 20.9 Å². The Bertz CT molecular complexity index is 2230. The molecule has 2 aromatic heterocycles. The number of hydrogen-bond donors (Lipinski definition) is 4. The predicted octanol–water partition coefficient (Wildman–Crippen LogP) is 5.22. The van der Waals surface area contributed by atoms with Crippen molar-refractivity contribution in [2.45, 2.75) is 88.3 Å². The Morgan fingerprint density at radius 2 is 1.55 bits per heavy atom. The Morgan fingerprint density at radius 3 is 2.30 bits per heavy atom. The highest BCUT2D eigenvalue weighted by Gasteiger charge is 2.30. The number of aromatic nitrogens is 3. The Hall–Kier alpha value is -5.54. The van der Waals surface area contributed by atoms with E-state index in [1.54, 1.807) is 42.6 Å². The highest BCUT2D eigenvalue weighted by Crippen LogP contribution is 2.33. The van der Waals surface area contributed by atoms with Crippen molar-refractivity contribution >= 4 is 29.4 Å². The molecule has 0 radical (unpaired) electrons. The lowest BCUT2D eigenvalue weighted by Crippen LogP contribution is -2.47. The smallest absolute Gasteiger partial charge is 0.255 e. The van der Waals surface area contributed by atoms with Crippen LogP contribution < -0.4 is 26.8 Å². The summed E-state index contributed by atoms with van der Waals surface area (Å²) in [6.07, 6.45) is 10.7. The van der Waals surface area contributed by atoms with Crippen LogP contribution in [0.5, 0.6) is 0 Å². The monoisotopic (exact) mass is 821 g/mol. The molecule has 1 saturated carbocycles. The molecule has 4 aromatic rings. The van der Waals surface area contributed by atoms with E-state index in [-0.39, 0.29) is 59.2 Å². The molecule has 2 aromatic carbocycles. The number of halogens is 2. The van der Waals surface area contributed by atoms with Crippen LogP contribution in [0, 0.1) is 17.6 Å². The van der Waals surface area contributed by atoms with Crippen LogP contribution in [0.3, 0.4) is 0 Å². The minimum atomic E-state index is -0.548. The topological polar surface area (TPSA) is 154 Å². The summed E-state index contributed by atoms with van der Waals surface area (Å²) >= 11 is 0. The third kappa shape index (κ3) is 10.2. The average molecular weight is 822 g/mol. The second-order valence-corrected chi connectivity index (χ2v) is 16.8. The van der Waals surface area contributed by atoms with Crippen LogP contribution in [0.15, 0.2) is 77.9 Å². The molecule has 1 unspecified atom stereocenters. The van der Waals surface area contributed by atoms with Gasteiger partial charge in [-0.1, -0.05) is 24.3 Å². The van der Waals surface area contributed by atoms with Crippen LogP contribution >= 0.6 is 0 Å². The maximum Gasteiger partial charge on any atom is 0.255 e. The number of piperidine rings is 3. The first-order chi connectivity index (χ1) is 29.1. The molecule has 5 heterocycles. The number of imide groups is 1. The van der Waals surface area contributed by atoms with Gasteiger partial charge in [-0.3, -0.25) is 34.0 Å². The van der Waals surface area contributed by atoms with Crippen LogP contribution in [0.1, 0.15) is 75.7 Å². The molecule has 13 nitrogen and oxygen atoms in total. The van der Waals surface area contributed by atoms with Crippen molar-refractivity contribution in [3.63, 3.8) is 0 Å². The van der Waals surface area contributed by atoms with E-state index < -0.39 is 11.9 Å². The summed E-state index contributed by atoms with van der Waals surface area (Å²) < 4.78 is 31.7. The number of likely N-dealkylation sites (tertiary alicyclic amines) is 2. The Kier molecular flexibility index (Phi) is 12.9. The van der Waals surface area contributed by atoms with E-state index in [0.717, 1.165) is 89.7 Å². The summed E-state index contributed by atoms with van der Waals surface area (Å²) in [5.74, 6) is -0.331. The summed E-state index contributed by atoms with van der Waals surface area (Å²) in [7, 11) is 0. The lowest BCUT2D eigenvalue weighted by Gasteiger charge is -2.38. The molecule has 4 N–H and O–H groups in total. The van der Waals surface area contributed by atoms with E-state index >= 15 is 4.39 Å². The van der Waals surface area contributed by atoms with Crippen molar-refractivity contribution < 1.29 is 23.2 Å². The molecule has 0 spiro atoms. The van der Waals surface area contributed by atoms with Gasteiger partial charge in [0.25, 0.3) is 5.56 Å². The summed E-state index contributed by atoms with van der Waals surface area (Å²) in [5, 5.41) is 12.0. The van der Waals surface area contributed by atoms with Gasteiger partial charge in [-0.05, 0) is 132 Å². The van der Waals surface area contributed by atoms with E-state index in [2.05, 4.69) is 41.0 Å². The van der Waals surface area contributed by atoms with Crippen molar-refractivity contribution in [1.29, 1.82) is 0 Å². The van der Waals surface area contributed by atoms with Gasteiger partial charge in [-0.15, -0.1) is 0 Å². The molecule has 0 bridgehead atoms. The number of hydrogen-bond acceptors (Lipinski definition) is 10. The lowest BCUT2D eigenvalue weighted by atomic mass is 9.87. The van der Waals surface area contributed by atoms with E-state index in [1.807, 2.05) is 12.1 Å². The first kappa shape index (κ1) is 41.2. The lowest BCUT2D eigenvalue weighted by molar-refractivity contribution is -0.133. The minimum Gasteiger partial charge on any atom is -0.374 e. The van der Waals surface area contributed by atoms with Gasteiger partial charge in [0.1, 0.15) is 17.6 Å². The van der Waals surface area contributed by atoms with Gasteiger partial charge in [0.05, 0.1) is 12.7 Å². The molecule has 15 heteroatoms. The average Bonchev–Trinajstić information content (AvgIpc) is 3.25. The number of amides is 3. The molecule has 60 heavy (non-hydrogen) atoms. The van der Waals surface area contributed by atoms with Crippen molar-refractivity contribution in [1.82, 2.24) is 35.0 Å². The first-order valence-electron chi connectivity index (χ1n) is 21.3. The number of carbonyl (C=O) groups excluding carboxylic acids is 3. The summed E-state index contributed by atoms with van der Waals surface area (Å²) in [4.78, 5) is 62.4. The number of nitrogens with one attached hydrogen (secondary N) is 4. The largest absolute Gasteiger partial charge is 0.374 e. The molecular formula is C45H53F2N9O4. The molecule has 3 saturated heterocycles. The van der Waals surface area contributed by atoms with Crippen LogP contribution in [-0.2, 0) is 14.4 Å². The van der Waals surface area contributed by atoms with E-state index in [0.29, 0.717) is 41.8 Å². The molecule has 316 valence electrons. The van der Waals surface area contributed by atoms with Crippen LogP contribution in [0.25, 0.3) is 16.9 Å². The summed E-state index contributed by atoms with van der Waals surface area (Å²) in [6, 6.07) is 16.8. The second-order valence-electron chi connectivity index (χ2n) is 16.8. The normalized spacial score (nSPS) is 22.3. The van der Waals surface area contributed by atoms with Crippen molar-refractivity contribution in [2.75, 3.05) is 49.9 Å². The van der Waals surface area contributed by atoms with Crippen LogP contribution in [0.4, 0.5) is 20.4 Å². The molecule has 4 aliphatic rings. The fraction of sp³-hybridized carbons (Fsp3) is 0.467. The van der Waals surface area contributed by atoms with E-state index in [4.69, 9.17) is 0 Å². The van der Waals surface area contributed by atoms with Crippen LogP contribution in [0.2, 0.25) is 0 Å². The van der Waals surface area contributed by atoms with Crippen molar-refractivity contribution in [3.05, 3.63) is 101 Å². The van der Waals surface area contributed by atoms with Crippen molar-refractivity contribution in [2.24, 2.45) is 5.92 Å². The molecule has 1 atom stereocenters. The fourth-order valence-electron chi connectivity index (χ4n) is 9.22. The molecule has 4 fully saturated rings. The third-order valence-corrected chi connectivity index (χ3v) is 12.6. The van der Waals surface area contributed by atoms with Gasteiger partial charge in [0.15, 0.2) is 5.82 Å². The maximum absolute atomic E-state index is 15.2. The fourth-order valence-corrected chi connectivity index (χ4v) is 9.22. The molecule has 3 amide bonds. The zero-order valence-electron chi connectivity index (χ0n) is 33.8. The Labute approximate surface area is 348 Å². The quantitative estimate of drug-likeness (QED) is 0.140. The van der Waals surface area contributed by atoms with E-state index in [9.17, 15) is 23.6 Å². The Balaban J connectivity index is 0.726. The summed E-state index contributed by atoms with van der Waals surface area (Å²) in [6.45, 7) is 5.06. The van der Waals surface area contributed by atoms with Crippen LogP contribution in [-0.4, -0.2) is 99.5 Å². The van der Waals surface area contributed by atoms with E-state index in [1.165, 1.54) is 22.9 Å². The van der Waals surface area contributed by atoms with Gasteiger partial charge in [0, 0.05) is 54.3 Å². The number of carbonyl (C=O) groups is 3. The molecular weight excluding hydrogens is 769 g/mol. The molecule has 8 rings (SSSR count). The van der Waals surface area contributed by atoms with Gasteiger partial charge >= 0.3 is 0 Å². The highest BCUT2D eigenvalue weighted by molar-refractivity contribution is 6.01. The van der Waals surface area contributed by atoms with Gasteiger partial charge in [-0.2, -0.15) is 0 Å². The Morgan fingerprint density at radius 1 is 0.783 bits per heavy atom. The SMILES string of the molecule is O=C1CCC(Nc2ccc(C3CCN(CC4CCN(CC(=O)N[C@H]5CC[C@H](Nc6ncc(F)c(-c7cccc(-n8ccccc8=O)c7)n6)CC5)CC4)CC3)c(F)c2)C(=O)N1. The zero-order valence-corrected chi connectivity index (χ0v) is 33.8. The zero-order chi connectivity index (χ0) is 41.6. The number of benzene rings is 2. The second kappa shape index (κ2) is 18.8. The van der Waals surface area contributed by atoms with Crippen molar-refractivity contribution in [3.8, 4) is 16.9 Å². The minimum absolute atomic E-state index is 0.0606. The first-order valence-corrected chi connectivity index (χ1v) is 21.3. The predicted molar refractivity (Wildman–Crippen MR) is 225 cm³/mol. The highest BCUT2D eigenvalue weighted by atomic mass is 19.1. The number of pyridine rings is 1. The molecule has 3 aliphatic heterocycles.